The van der Waals surface area contributed by atoms with E-state index in [9.17, 15) is 5.11 Å². The van der Waals surface area contributed by atoms with Gasteiger partial charge in [-0.15, -0.1) is 0 Å². The number of aliphatic hydroxyl groups is 1. The highest BCUT2D eigenvalue weighted by Gasteiger charge is 2.14. The summed E-state index contributed by atoms with van der Waals surface area (Å²) in [4.78, 5) is 6.96. The molecule has 0 spiro atoms. The van der Waals surface area contributed by atoms with Gasteiger partial charge in [0, 0.05) is 37.8 Å². The minimum atomic E-state index is -0.748. The van der Waals surface area contributed by atoms with Gasteiger partial charge in [0.2, 0.25) is 0 Å². The fraction of sp³-hybridized carbons (Fsp3) is 0.667. The summed E-state index contributed by atoms with van der Waals surface area (Å²) in [5.74, 6) is 1.98. The SMILES string of the molecule is CCNC(=NCC(O)c1cc(OC)cc(OC)c1)NCCN(C(C)C)C(C)C. The number of guanidine groups is 1. The molecule has 28 heavy (non-hydrogen) atoms. The second-order valence-electron chi connectivity index (χ2n) is 7.23. The van der Waals surface area contributed by atoms with Crippen LogP contribution in [0.25, 0.3) is 0 Å². The first kappa shape index (κ1) is 24.0. The molecule has 0 fully saturated rings. The van der Waals surface area contributed by atoms with Crippen molar-refractivity contribution in [2.24, 2.45) is 4.99 Å². The van der Waals surface area contributed by atoms with Crippen molar-refractivity contribution < 1.29 is 14.6 Å². The Labute approximate surface area is 170 Å². The van der Waals surface area contributed by atoms with Crippen molar-refractivity contribution in [3.63, 3.8) is 0 Å². The average Bonchev–Trinajstić information content (AvgIpc) is 2.67. The zero-order valence-corrected chi connectivity index (χ0v) is 18.5. The fourth-order valence-electron chi connectivity index (χ4n) is 3.06. The van der Waals surface area contributed by atoms with Crippen molar-refractivity contribution in [2.75, 3.05) is 40.4 Å². The summed E-state index contributed by atoms with van der Waals surface area (Å²) < 4.78 is 10.5. The summed E-state index contributed by atoms with van der Waals surface area (Å²) in [7, 11) is 3.18. The number of nitrogens with one attached hydrogen (secondary N) is 2. The molecule has 1 unspecified atom stereocenters. The molecule has 0 heterocycles. The summed E-state index contributed by atoms with van der Waals surface area (Å²) in [6, 6.07) is 6.36. The lowest BCUT2D eigenvalue weighted by Crippen LogP contribution is -2.45. The maximum Gasteiger partial charge on any atom is 0.191 e. The monoisotopic (exact) mass is 394 g/mol. The number of nitrogens with zero attached hydrogens (tertiary/aromatic N) is 2. The van der Waals surface area contributed by atoms with Crippen LogP contribution in [0.1, 0.15) is 46.3 Å². The molecule has 3 N–H and O–H groups in total. The third kappa shape index (κ3) is 7.94. The molecule has 0 radical (unpaired) electrons. The van der Waals surface area contributed by atoms with E-state index in [0.717, 1.165) is 19.6 Å². The lowest BCUT2D eigenvalue weighted by molar-refractivity contribution is 0.178. The topological polar surface area (TPSA) is 78.4 Å². The third-order valence-corrected chi connectivity index (χ3v) is 4.51. The largest absolute Gasteiger partial charge is 0.497 e. The molecule has 0 bridgehead atoms. The average molecular weight is 395 g/mol. The van der Waals surface area contributed by atoms with Crippen LogP contribution in [-0.4, -0.2) is 68.4 Å². The number of hydrogen-bond donors (Lipinski definition) is 3. The van der Waals surface area contributed by atoms with Gasteiger partial charge in [-0.3, -0.25) is 9.89 Å². The van der Waals surface area contributed by atoms with Crippen LogP contribution in [-0.2, 0) is 0 Å². The minimum absolute atomic E-state index is 0.240. The first-order chi connectivity index (χ1) is 13.3. The summed E-state index contributed by atoms with van der Waals surface area (Å²) >= 11 is 0. The Bertz CT molecular complexity index is 575. The van der Waals surface area contributed by atoms with Crippen molar-refractivity contribution in [3.05, 3.63) is 23.8 Å². The first-order valence-electron chi connectivity index (χ1n) is 10.0. The Morgan fingerprint density at radius 2 is 1.61 bits per heavy atom. The number of benzene rings is 1. The molecule has 1 rings (SSSR count). The molecule has 7 nitrogen and oxygen atoms in total. The number of aliphatic imine (C=N–C) groups is 1. The van der Waals surface area contributed by atoms with Crippen molar-refractivity contribution in [2.45, 2.75) is 52.8 Å². The Morgan fingerprint density at radius 3 is 2.07 bits per heavy atom. The van der Waals surface area contributed by atoms with Crippen LogP contribution in [0.4, 0.5) is 0 Å². The molecular weight excluding hydrogens is 356 g/mol. The molecule has 7 heteroatoms. The lowest BCUT2D eigenvalue weighted by Gasteiger charge is -2.30. The van der Waals surface area contributed by atoms with Gasteiger partial charge >= 0.3 is 0 Å². The summed E-state index contributed by atoms with van der Waals surface area (Å²) in [6.07, 6.45) is -0.748. The fourth-order valence-corrected chi connectivity index (χ4v) is 3.06. The molecule has 0 saturated carbocycles. The number of rotatable bonds is 11. The minimum Gasteiger partial charge on any atom is -0.497 e. The van der Waals surface area contributed by atoms with Crippen molar-refractivity contribution in [3.8, 4) is 11.5 Å². The van der Waals surface area contributed by atoms with Gasteiger partial charge in [0.1, 0.15) is 11.5 Å². The molecule has 0 aliphatic rings. The van der Waals surface area contributed by atoms with E-state index < -0.39 is 6.10 Å². The summed E-state index contributed by atoms with van der Waals surface area (Å²) in [5, 5.41) is 17.1. The molecule has 1 aromatic rings. The van der Waals surface area contributed by atoms with Gasteiger partial charge < -0.3 is 25.2 Å². The van der Waals surface area contributed by atoms with Crippen molar-refractivity contribution in [1.82, 2.24) is 15.5 Å². The van der Waals surface area contributed by atoms with E-state index in [1.165, 1.54) is 0 Å². The van der Waals surface area contributed by atoms with Crippen molar-refractivity contribution >= 4 is 5.96 Å². The standard InChI is InChI=1S/C21H38N4O3/c1-8-22-21(23-9-10-25(15(2)3)16(4)5)24-14-20(26)17-11-18(27-6)13-19(12-17)28-7/h11-13,15-16,20,26H,8-10,14H2,1-7H3,(H2,22,23,24). The molecule has 1 aromatic carbocycles. The lowest BCUT2D eigenvalue weighted by atomic mass is 10.1. The quantitative estimate of drug-likeness (QED) is 0.395. The first-order valence-corrected chi connectivity index (χ1v) is 10.0. The van der Waals surface area contributed by atoms with E-state index in [1.807, 2.05) is 6.92 Å². The zero-order valence-electron chi connectivity index (χ0n) is 18.5. The van der Waals surface area contributed by atoms with Gasteiger partial charge in [-0.05, 0) is 52.3 Å². The van der Waals surface area contributed by atoms with Crippen LogP contribution in [0.5, 0.6) is 11.5 Å². The summed E-state index contributed by atoms with van der Waals surface area (Å²) in [6.45, 7) is 13.6. The summed E-state index contributed by atoms with van der Waals surface area (Å²) in [5.41, 5.74) is 0.710. The second-order valence-corrected chi connectivity index (χ2v) is 7.23. The Morgan fingerprint density at radius 1 is 1.04 bits per heavy atom. The molecule has 0 aromatic heterocycles. The molecule has 1 atom stereocenters. The normalized spacial score (nSPS) is 13.2. The van der Waals surface area contributed by atoms with Gasteiger partial charge in [-0.25, -0.2) is 0 Å². The Balaban J connectivity index is 2.73. The van der Waals surface area contributed by atoms with E-state index in [0.29, 0.717) is 35.1 Å². The smallest absolute Gasteiger partial charge is 0.191 e. The van der Waals surface area contributed by atoms with Crippen LogP contribution < -0.4 is 20.1 Å². The number of methoxy groups -OCH3 is 2. The Kier molecular flexibility index (Phi) is 10.7. The molecule has 0 amide bonds. The van der Waals surface area contributed by atoms with Gasteiger partial charge in [0.05, 0.1) is 26.9 Å². The third-order valence-electron chi connectivity index (χ3n) is 4.51. The van der Waals surface area contributed by atoms with Gasteiger partial charge in [0.15, 0.2) is 5.96 Å². The van der Waals surface area contributed by atoms with Crippen LogP contribution in [0, 0.1) is 0 Å². The van der Waals surface area contributed by atoms with E-state index in [2.05, 4.69) is 48.2 Å². The van der Waals surface area contributed by atoms with Crippen LogP contribution in [0.3, 0.4) is 0 Å². The highest BCUT2D eigenvalue weighted by molar-refractivity contribution is 5.79. The highest BCUT2D eigenvalue weighted by atomic mass is 16.5. The van der Waals surface area contributed by atoms with E-state index in [-0.39, 0.29) is 6.54 Å². The van der Waals surface area contributed by atoms with E-state index in [4.69, 9.17) is 9.47 Å². The van der Waals surface area contributed by atoms with Crippen LogP contribution in [0.2, 0.25) is 0 Å². The number of hydrogen-bond acceptors (Lipinski definition) is 5. The number of ether oxygens (including phenoxy) is 2. The molecule has 0 saturated heterocycles. The molecule has 0 aliphatic carbocycles. The van der Waals surface area contributed by atoms with Crippen LogP contribution >= 0.6 is 0 Å². The predicted octanol–water partition coefficient (Wildman–Crippen LogP) is 2.41. The molecular formula is C21H38N4O3. The number of aliphatic hydroxyl groups excluding tert-OH is 1. The second kappa shape index (κ2) is 12.5. The van der Waals surface area contributed by atoms with Gasteiger partial charge in [-0.1, -0.05) is 0 Å². The zero-order chi connectivity index (χ0) is 21.1. The highest BCUT2D eigenvalue weighted by Crippen LogP contribution is 2.26. The van der Waals surface area contributed by atoms with Gasteiger partial charge in [-0.2, -0.15) is 0 Å². The predicted molar refractivity (Wildman–Crippen MR) is 115 cm³/mol. The van der Waals surface area contributed by atoms with E-state index in [1.54, 1.807) is 32.4 Å². The Hall–Kier alpha value is -1.99. The van der Waals surface area contributed by atoms with E-state index >= 15 is 0 Å². The molecule has 0 aliphatic heterocycles. The van der Waals surface area contributed by atoms with Crippen molar-refractivity contribution in [1.29, 1.82) is 0 Å². The maximum absolute atomic E-state index is 10.6. The van der Waals surface area contributed by atoms with Gasteiger partial charge in [0.25, 0.3) is 0 Å². The van der Waals surface area contributed by atoms with Crippen LogP contribution in [0.15, 0.2) is 23.2 Å². The molecule has 160 valence electrons. The maximum atomic E-state index is 10.6.